The van der Waals surface area contributed by atoms with Crippen LogP contribution in [0.2, 0.25) is 0 Å². The SMILES string of the molecule is CCC1CCC(C)N1c1cccc(NC(C)(C)C)n1. The Bertz CT molecular complexity index is 422. The molecule has 0 spiro atoms. The van der Waals surface area contributed by atoms with Crippen molar-refractivity contribution in [3.63, 3.8) is 0 Å². The maximum Gasteiger partial charge on any atom is 0.131 e. The number of nitrogens with one attached hydrogen (secondary N) is 1. The predicted molar refractivity (Wildman–Crippen MR) is 82.9 cm³/mol. The van der Waals surface area contributed by atoms with Gasteiger partial charge in [0, 0.05) is 17.6 Å². The van der Waals surface area contributed by atoms with Crippen LogP contribution in [0.15, 0.2) is 18.2 Å². The van der Waals surface area contributed by atoms with Gasteiger partial charge in [0.25, 0.3) is 0 Å². The van der Waals surface area contributed by atoms with E-state index in [2.05, 4.69) is 63.0 Å². The molecule has 2 unspecified atom stereocenters. The Morgan fingerprint density at radius 3 is 2.68 bits per heavy atom. The van der Waals surface area contributed by atoms with Gasteiger partial charge in [0.2, 0.25) is 0 Å². The molecule has 1 N–H and O–H groups in total. The lowest BCUT2D eigenvalue weighted by atomic mass is 10.1. The van der Waals surface area contributed by atoms with E-state index in [4.69, 9.17) is 4.98 Å². The average Bonchev–Trinajstić information content (AvgIpc) is 2.68. The van der Waals surface area contributed by atoms with E-state index < -0.39 is 0 Å². The van der Waals surface area contributed by atoms with Crippen LogP contribution in [0.1, 0.15) is 53.9 Å². The summed E-state index contributed by atoms with van der Waals surface area (Å²) < 4.78 is 0. The van der Waals surface area contributed by atoms with Crippen LogP contribution in [0.5, 0.6) is 0 Å². The summed E-state index contributed by atoms with van der Waals surface area (Å²) >= 11 is 0. The van der Waals surface area contributed by atoms with Crippen LogP contribution in [0, 0.1) is 0 Å². The number of anilines is 2. The van der Waals surface area contributed by atoms with E-state index in [0.717, 1.165) is 11.6 Å². The summed E-state index contributed by atoms with van der Waals surface area (Å²) in [5, 5.41) is 3.45. The normalized spacial score (nSPS) is 23.7. The lowest BCUT2D eigenvalue weighted by Gasteiger charge is -2.30. The largest absolute Gasteiger partial charge is 0.365 e. The summed E-state index contributed by atoms with van der Waals surface area (Å²) in [5.41, 5.74) is 0.0480. The van der Waals surface area contributed by atoms with Gasteiger partial charge in [0.1, 0.15) is 11.6 Å². The Morgan fingerprint density at radius 1 is 1.32 bits per heavy atom. The van der Waals surface area contributed by atoms with Crippen molar-refractivity contribution in [2.75, 3.05) is 10.2 Å². The third-order valence-corrected chi connectivity index (χ3v) is 3.76. The van der Waals surface area contributed by atoms with Gasteiger partial charge in [0.15, 0.2) is 0 Å². The van der Waals surface area contributed by atoms with E-state index in [0.29, 0.717) is 12.1 Å². The predicted octanol–water partition coefficient (Wildman–Crippen LogP) is 4.06. The summed E-state index contributed by atoms with van der Waals surface area (Å²) in [6, 6.07) is 7.54. The zero-order chi connectivity index (χ0) is 14.0. The summed E-state index contributed by atoms with van der Waals surface area (Å²) in [4.78, 5) is 7.30. The Morgan fingerprint density at radius 2 is 2.05 bits per heavy atom. The molecule has 2 rings (SSSR count). The summed E-state index contributed by atoms with van der Waals surface area (Å²) in [6.45, 7) is 11.1. The third-order valence-electron chi connectivity index (χ3n) is 3.76. The van der Waals surface area contributed by atoms with Crippen LogP contribution in [-0.2, 0) is 0 Å². The standard InChI is InChI=1S/C16H27N3/c1-6-13-11-10-12(2)19(13)15-9-7-8-14(17-15)18-16(3,4)5/h7-9,12-13H,6,10-11H2,1-5H3,(H,17,18). The number of hydrogen-bond donors (Lipinski definition) is 1. The van der Waals surface area contributed by atoms with Crippen LogP contribution < -0.4 is 10.2 Å². The molecule has 1 aromatic heterocycles. The molecule has 1 fully saturated rings. The maximum absolute atomic E-state index is 4.80. The first-order valence-corrected chi connectivity index (χ1v) is 7.44. The van der Waals surface area contributed by atoms with Gasteiger partial charge in [-0.1, -0.05) is 13.0 Å². The molecule has 0 aromatic carbocycles. The fourth-order valence-corrected chi connectivity index (χ4v) is 2.91. The maximum atomic E-state index is 4.80. The molecule has 3 nitrogen and oxygen atoms in total. The molecule has 1 aliphatic rings. The van der Waals surface area contributed by atoms with Crippen molar-refractivity contribution in [3.05, 3.63) is 18.2 Å². The van der Waals surface area contributed by atoms with E-state index in [1.54, 1.807) is 0 Å². The molecule has 106 valence electrons. The zero-order valence-corrected chi connectivity index (χ0v) is 12.9. The summed E-state index contributed by atoms with van der Waals surface area (Å²) in [5.74, 6) is 2.09. The van der Waals surface area contributed by atoms with Crippen molar-refractivity contribution in [3.8, 4) is 0 Å². The van der Waals surface area contributed by atoms with Crippen LogP contribution >= 0.6 is 0 Å². The van der Waals surface area contributed by atoms with Gasteiger partial charge in [0.05, 0.1) is 0 Å². The first-order chi connectivity index (χ1) is 8.90. The number of rotatable bonds is 3. The lowest BCUT2D eigenvalue weighted by molar-refractivity contribution is 0.616. The van der Waals surface area contributed by atoms with Gasteiger partial charge >= 0.3 is 0 Å². The molecular weight excluding hydrogens is 234 g/mol. The van der Waals surface area contributed by atoms with Gasteiger partial charge in [-0.25, -0.2) is 4.98 Å². The van der Waals surface area contributed by atoms with Crippen LogP contribution in [0.25, 0.3) is 0 Å². The lowest BCUT2D eigenvalue weighted by Crippen LogP contribution is -2.35. The Labute approximate surface area is 117 Å². The van der Waals surface area contributed by atoms with Gasteiger partial charge in [-0.3, -0.25) is 0 Å². The van der Waals surface area contributed by atoms with Gasteiger partial charge in [-0.15, -0.1) is 0 Å². The zero-order valence-electron chi connectivity index (χ0n) is 12.9. The molecule has 3 heteroatoms. The quantitative estimate of drug-likeness (QED) is 0.889. The molecule has 0 radical (unpaired) electrons. The second kappa shape index (κ2) is 5.40. The van der Waals surface area contributed by atoms with Crippen LogP contribution in [0.3, 0.4) is 0 Å². The van der Waals surface area contributed by atoms with E-state index in [1.807, 2.05) is 0 Å². The highest BCUT2D eigenvalue weighted by Crippen LogP contribution is 2.31. The molecule has 1 aliphatic heterocycles. The van der Waals surface area contributed by atoms with Crippen molar-refractivity contribution < 1.29 is 0 Å². The molecule has 2 heterocycles. The smallest absolute Gasteiger partial charge is 0.131 e. The molecule has 19 heavy (non-hydrogen) atoms. The van der Waals surface area contributed by atoms with Crippen molar-refractivity contribution in [2.24, 2.45) is 0 Å². The average molecular weight is 261 g/mol. The Hall–Kier alpha value is -1.25. The number of nitrogens with zero attached hydrogens (tertiary/aromatic N) is 2. The molecule has 0 bridgehead atoms. The minimum Gasteiger partial charge on any atom is -0.365 e. The number of hydrogen-bond acceptors (Lipinski definition) is 3. The second-order valence-electron chi connectivity index (χ2n) is 6.65. The van der Waals surface area contributed by atoms with Crippen LogP contribution in [0.4, 0.5) is 11.6 Å². The molecular formula is C16H27N3. The summed E-state index contributed by atoms with van der Waals surface area (Å²) in [7, 11) is 0. The van der Waals surface area contributed by atoms with E-state index in [1.165, 1.54) is 19.3 Å². The summed E-state index contributed by atoms with van der Waals surface area (Å²) in [6.07, 6.45) is 3.76. The third kappa shape index (κ3) is 3.40. The minimum absolute atomic E-state index is 0.0480. The van der Waals surface area contributed by atoms with Crippen molar-refractivity contribution in [1.82, 2.24) is 4.98 Å². The fourth-order valence-electron chi connectivity index (χ4n) is 2.91. The second-order valence-corrected chi connectivity index (χ2v) is 6.65. The van der Waals surface area contributed by atoms with Crippen molar-refractivity contribution in [1.29, 1.82) is 0 Å². The topological polar surface area (TPSA) is 28.2 Å². The molecule has 1 saturated heterocycles. The Kier molecular flexibility index (Phi) is 4.02. The Balaban J connectivity index is 2.22. The molecule has 1 aromatic rings. The van der Waals surface area contributed by atoms with Gasteiger partial charge in [-0.05, 0) is 59.1 Å². The minimum atomic E-state index is 0.0480. The number of aromatic nitrogens is 1. The number of pyridine rings is 1. The highest BCUT2D eigenvalue weighted by atomic mass is 15.3. The van der Waals surface area contributed by atoms with Crippen molar-refractivity contribution in [2.45, 2.75) is 71.5 Å². The molecule has 0 aliphatic carbocycles. The van der Waals surface area contributed by atoms with E-state index in [-0.39, 0.29) is 5.54 Å². The highest BCUT2D eigenvalue weighted by molar-refractivity contribution is 5.50. The van der Waals surface area contributed by atoms with E-state index >= 15 is 0 Å². The van der Waals surface area contributed by atoms with Gasteiger partial charge < -0.3 is 10.2 Å². The highest BCUT2D eigenvalue weighted by Gasteiger charge is 2.30. The first-order valence-electron chi connectivity index (χ1n) is 7.44. The van der Waals surface area contributed by atoms with Crippen molar-refractivity contribution >= 4 is 11.6 Å². The molecule has 0 amide bonds. The molecule has 2 atom stereocenters. The fraction of sp³-hybridized carbons (Fsp3) is 0.688. The van der Waals surface area contributed by atoms with Crippen LogP contribution in [-0.4, -0.2) is 22.6 Å². The monoisotopic (exact) mass is 261 g/mol. The van der Waals surface area contributed by atoms with Gasteiger partial charge in [-0.2, -0.15) is 0 Å². The first kappa shape index (κ1) is 14.2. The molecule has 0 saturated carbocycles. The van der Waals surface area contributed by atoms with E-state index in [9.17, 15) is 0 Å².